The Hall–Kier alpha value is -2.66. The van der Waals surface area contributed by atoms with Gasteiger partial charge in [0.05, 0.1) is 16.8 Å². The number of aromatic hydroxyl groups is 1. The van der Waals surface area contributed by atoms with Gasteiger partial charge in [-0.2, -0.15) is 0 Å². The second-order valence-corrected chi connectivity index (χ2v) is 5.87. The van der Waals surface area contributed by atoms with Crippen molar-refractivity contribution in [3.05, 3.63) is 75.8 Å². The summed E-state index contributed by atoms with van der Waals surface area (Å²) in [4.78, 5) is 26.9. The van der Waals surface area contributed by atoms with E-state index >= 15 is 0 Å². The zero-order valence-electron chi connectivity index (χ0n) is 11.9. The summed E-state index contributed by atoms with van der Waals surface area (Å²) in [6, 6.07) is 15.8. The van der Waals surface area contributed by atoms with Gasteiger partial charge in [-0.05, 0) is 29.8 Å². The van der Waals surface area contributed by atoms with E-state index in [0.29, 0.717) is 17.5 Å². The predicted molar refractivity (Wildman–Crippen MR) is 90.9 cm³/mol. The van der Waals surface area contributed by atoms with Gasteiger partial charge in [-0.3, -0.25) is 9.59 Å². The summed E-state index contributed by atoms with van der Waals surface area (Å²) >= 11 is 3.31. The number of aromatic nitrogens is 1. The van der Waals surface area contributed by atoms with Crippen LogP contribution in [0.3, 0.4) is 0 Å². The fraction of sp³-hybridized carbons (Fsp3) is 0. The first-order valence-corrected chi connectivity index (χ1v) is 7.67. The molecule has 5 heteroatoms. The summed E-state index contributed by atoms with van der Waals surface area (Å²) in [6.45, 7) is 0. The average molecular weight is 370 g/mol. The second-order valence-electron chi connectivity index (χ2n) is 4.96. The fourth-order valence-corrected chi connectivity index (χ4v) is 2.69. The molecule has 1 heterocycles. The Kier molecular flexibility index (Phi) is 4.12. The summed E-state index contributed by atoms with van der Waals surface area (Å²) in [5, 5.41) is 10.1. The molecule has 114 valence electrons. The lowest BCUT2D eigenvalue weighted by Crippen LogP contribution is -2.03. The maximum absolute atomic E-state index is 12.6. The highest BCUT2D eigenvalue weighted by Crippen LogP contribution is 2.32. The number of hydrogen-bond donors (Lipinski definition) is 2. The molecule has 0 saturated carbocycles. The number of carbonyl (C=O) groups is 2. The van der Waals surface area contributed by atoms with Crippen LogP contribution < -0.4 is 0 Å². The van der Waals surface area contributed by atoms with Crippen molar-refractivity contribution in [1.29, 1.82) is 0 Å². The molecule has 0 fully saturated rings. The smallest absolute Gasteiger partial charge is 0.201 e. The van der Waals surface area contributed by atoms with E-state index in [1.165, 1.54) is 0 Å². The van der Waals surface area contributed by atoms with Crippen LogP contribution in [0.1, 0.15) is 26.3 Å². The normalized spacial score (nSPS) is 10.5. The van der Waals surface area contributed by atoms with Gasteiger partial charge in [-0.25, -0.2) is 0 Å². The highest BCUT2D eigenvalue weighted by molar-refractivity contribution is 9.10. The van der Waals surface area contributed by atoms with Gasteiger partial charge in [-0.1, -0.05) is 46.3 Å². The van der Waals surface area contributed by atoms with Crippen LogP contribution >= 0.6 is 15.9 Å². The van der Waals surface area contributed by atoms with E-state index in [1.807, 2.05) is 18.2 Å². The summed E-state index contributed by atoms with van der Waals surface area (Å²) in [5.74, 6) is -0.714. The van der Waals surface area contributed by atoms with Crippen LogP contribution in [0.4, 0.5) is 0 Å². The van der Waals surface area contributed by atoms with Gasteiger partial charge in [0.2, 0.25) is 5.88 Å². The van der Waals surface area contributed by atoms with Crippen molar-refractivity contribution in [2.75, 3.05) is 0 Å². The van der Waals surface area contributed by atoms with E-state index in [0.717, 1.165) is 10.0 Å². The molecule has 2 N–H and O–H groups in total. The maximum atomic E-state index is 12.6. The maximum Gasteiger partial charge on any atom is 0.201 e. The molecule has 0 bridgehead atoms. The molecule has 0 amide bonds. The van der Waals surface area contributed by atoms with Gasteiger partial charge in [0.25, 0.3) is 0 Å². The van der Waals surface area contributed by atoms with Gasteiger partial charge >= 0.3 is 0 Å². The molecule has 3 rings (SSSR count). The van der Waals surface area contributed by atoms with Gasteiger partial charge in [0, 0.05) is 10.0 Å². The van der Waals surface area contributed by atoms with Crippen LogP contribution in [0.2, 0.25) is 0 Å². The first-order chi connectivity index (χ1) is 11.1. The molecule has 0 radical (unpaired) electrons. The van der Waals surface area contributed by atoms with Crippen molar-refractivity contribution in [2.45, 2.75) is 0 Å². The van der Waals surface area contributed by atoms with Gasteiger partial charge in [0.1, 0.15) is 0 Å². The average Bonchev–Trinajstić information content (AvgIpc) is 2.92. The largest absolute Gasteiger partial charge is 0.494 e. The van der Waals surface area contributed by atoms with Crippen molar-refractivity contribution < 1.29 is 14.7 Å². The predicted octanol–water partition coefficient (Wildman–Crippen LogP) is 4.19. The van der Waals surface area contributed by atoms with E-state index in [4.69, 9.17) is 0 Å². The lowest BCUT2D eigenvalue weighted by Gasteiger charge is -2.02. The van der Waals surface area contributed by atoms with E-state index < -0.39 is 5.78 Å². The Labute approximate surface area is 140 Å². The molecule has 2 aromatic carbocycles. The lowest BCUT2D eigenvalue weighted by atomic mass is 9.99. The number of aldehydes is 1. The molecule has 23 heavy (non-hydrogen) atoms. The van der Waals surface area contributed by atoms with Crippen LogP contribution in [0, 0.1) is 0 Å². The van der Waals surface area contributed by atoms with Crippen molar-refractivity contribution >= 4 is 28.0 Å². The fourth-order valence-electron chi connectivity index (χ4n) is 2.43. The van der Waals surface area contributed by atoms with Crippen LogP contribution in [-0.4, -0.2) is 22.2 Å². The van der Waals surface area contributed by atoms with E-state index in [-0.39, 0.29) is 17.0 Å². The topological polar surface area (TPSA) is 70.2 Å². The number of hydrogen-bond acceptors (Lipinski definition) is 3. The number of aromatic amines is 1. The van der Waals surface area contributed by atoms with Crippen molar-refractivity contribution in [2.24, 2.45) is 0 Å². The molecule has 1 aromatic heterocycles. The van der Waals surface area contributed by atoms with E-state index in [1.54, 1.807) is 36.4 Å². The number of H-pyrrole nitrogens is 1. The number of benzene rings is 2. The number of nitrogens with one attached hydrogen (secondary N) is 1. The minimum absolute atomic E-state index is 0.0128. The Bertz CT molecular complexity index is 867. The van der Waals surface area contributed by atoms with Crippen molar-refractivity contribution in [3.63, 3.8) is 0 Å². The monoisotopic (exact) mass is 369 g/mol. The SMILES string of the molecule is O=Cc1c(-c2ccccc2)[nH]c(O)c1C(=O)c1ccc(Br)cc1. The number of carbonyl (C=O) groups excluding carboxylic acids is 2. The molecule has 0 atom stereocenters. The molecular formula is C18H12BrNO3. The molecule has 0 saturated heterocycles. The third-order valence-corrected chi connectivity index (χ3v) is 4.06. The van der Waals surface area contributed by atoms with Crippen molar-refractivity contribution in [3.8, 4) is 17.1 Å². The number of rotatable bonds is 4. The van der Waals surface area contributed by atoms with Crippen LogP contribution in [0.5, 0.6) is 5.88 Å². The van der Waals surface area contributed by atoms with E-state index in [2.05, 4.69) is 20.9 Å². The van der Waals surface area contributed by atoms with Crippen LogP contribution in [-0.2, 0) is 0 Å². The van der Waals surface area contributed by atoms with Crippen LogP contribution in [0.15, 0.2) is 59.1 Å². The summed E-state index contributed by atoms with van der Waals surface area (Å²) in [6.07, 6.45) is 0.588. The first-order valence-electron chi connectivity index (χ1n) is 6.87. The Morgan fingerprint density at radius 1 is 1.04 bits per heavy atom. The van der Waals surface area contributed by atoms with Crippen LogP contribution in [0.25, 0.3) is 11.3 Å². The zero-order chi connectivity index (χ0) is 16.4. The van der Waals surface area contributed by atoms with Gasteiger partial charge in [-0.15, -0.1) is 0 Å². The third kappa shape index (κ3) is 2.83. The summed E-state index contributed by atoms with van der Waals surface area (Å²) in [7, 11) is 0. The number of halogens is 1. The quantitative estimate of drug-likeness (QED) is 0.534. The molecule has 0 unspecified atom stereocenters. The highest BCUT2D eigenvalue weighted by atomic mass is 79.9. The molecule has 3 aromatic rings. The lowest BCUT2D eigenvalue weighted by molar-refractivity contribution is 0.102. The Morgan fingerprint density at radius 2 is 1.70 bits per heavy atom. The summed E-state index contributed by atoms with van der Waals surface area (Å²) in [5.41, 5.74) is 1.69. The van der Waals surface area contributed by atoms with Crippen molar-refractivity contribution in [1.82, 2.24) is 4.98 Å². The van der Waals surface area contributed by atoms with Gasteiger partial charge in [0.15, 0.2) is 12.1 Å². The molecular weight excluding hydrogens is 358 g/mol. The molecule has 0 aliphatic heterocycles. The highest BCUT2D eigenvalue weighted by Gasteiger charge is 2.24. The Morgan fingerprint density at radius 3 is 2.30 bits per heavy atom. The summed E-state index contributed by atoms with van der Waals surface area (Å²) < 4.78 is 0.841. The second kappa shape index (κ2) is 6.22. The Balaban J connectivity index is 2.13. The number of ketones is 1. The standard InChI is InChI=1S/C18H12BrNO3/c19-13-8-6-12(7-9-13)17(22)15-14(10-21)16(20-18(15)23)11-4-2-1-3-5-11/h1-10,20,23H. The molecule has 0 aliphatic carbocycles. The van der Waals surface area contributed by atoms with Gasteiger partial charge < -0.3 is 10.1 Å². The molecule has 0 spiro atoms. The minimum Gasteiger partial charge on any atom is -0.494 e. The molecule has 4 nitrogen and oxygen atoms in total. The minimum atomic E-state index is -0.407. The van der Waals surface area contributed by atoms with E-state index in [9.17, 15) is 14.7 Å². The first kappa shape index (κ1) is 15.2. The molecule has 0 aliphatic rings. The third-order valence-electron chi connectivity index (χ3n) is 3.53. The zero-order valence-corrected chi connectivity index (χ0v) is 13.5.